The molecule has 0 amide bonds. The highest BCUT2D eigenvalue weighted by Gasteiger charge is 2.21. The minimum absolute atomic E-state index is 0.168. The molecular weight excluding hydrogens is 202 g/mol. The van der Waals surface area contributed by atoms with Crippen molar-refractivity contribution in [3.05, 3.63) is 18.2 Å². The zero-order chi connectivity index (χ0) is 11.4. The predicted molar refractivity (Wildman–Crippen MR) is 63.1 cm³/mol. The van der Waals surface area contributed by atoms with Crippen molar-refractivity contribution in [2.24, 2.45) is 13.0 Å². The molecule has 0 aromatic carbocycles. The van der Waals surface area contributed by atoms with E-state index in [4.69, 9.17) is 0 Å². The molecule has 1 aromatic heterocycles. The Morgan fingerprint density at radius 2 is 2.31 bits per heavy atom. The number of nitrogens with zero attached hydrogens (tertiary/aromatic N) is 2. The molecule has 1 unspecified atom stereocenters. The van der Waals surface area contributed by atoms with E-state index in [1.165, 1.54) is 0 Å². The summed E-state index contributed by atoms with van der Waals surface area (Å²) < 4.78 is 2.02. The Balaban J connectivity index is 1.78. The molecule has 1 atom stereocenters. The second kappa shape index (κ2) is 5.46. The van der Waals surface area contributed by atoms with E-state index in [0.29, 0.717) is 5.92 Å². The third-order valence-corrected chi connectivity index (χ3v) is 3.51. The van der Waals surface area contributed by atoms with Gasteiger partial charge in [-0.05, 0) is 38.3 Å². The number of aliphatic hydroxyl groups excluding tert-OH is 1. The van der Waals surface area contributed by atoms with E-state index in [9.17, 15) is 5.11 Å². The number of aryl methyl sites for hydroxylation is 2. The Labute approximate surface area is 96.7 Å². The molecule has 4 heteroatoms. The van der Waals surface area contributed by atoms with E-state index in [0.717, 1.165) is 44.6 Å². The Morgan fingerprint density at radius 3 is 2.94 bits per heavy atom. The Hall–Kier alpha value is -0.870. The zero-order valence-electron chi connectivity index (χ0n) is 9.89. The first kappa shape index (κ1) is 11.6. The number of piperidine rings is 1. The molecule has 1 fully saturated rings. The molecule has 1 aliphatic heterocycles. The average molecular weight is 223 g/mol. The monoisotopic (exact) mass is 223 g/mol. The summed E-state index contributed by atoms with van der Waals surface area (Å²) in [6.45, 7) is 2.09. The van der Waals surface area contributed by atoms with Gasteiger partial charge in [0.25, 0.3) is 0 Å². The van der Waals surface area contributed by atoms with Gasteiger partial charge in [-0.3, -0.25) is 0 Å². The lowest BCUT2D eigenvalue weighted by molar-refractivity contribution is 0.0807. The van der Waals surface area contributed by atoms with Crippen molar-refractivity contribution in [2.75, 3.05) is 13.1 Å². The molecule has 0 saturated carbocycles. The lowest BCUT2D eigenvalue weighted by Gasteiger charge is -2.27. The minimum atomic E-state index is -0.168. The number of aliphatic hydroxyl groups is 1. The molecule has 0 radical (unpaired) electrons. The Morgan fingerprint density at radius 1 is 1.56 bits per heavy atom. The number of imidazole rings is 1. The van der Waals surface area contributed by atoms with Gasteiger partial charge in [-0.1, -0.05) is 0 Å². The van der Waals surface area contributed by atoms with E-state index in [-0.39, 0.29) is 6.10 Å². The summed E-state index contributed by atoms with van der Waals surface area (Å²) in [7, 11) is 2.00. The normalized spacial score (nSPS) is 19.9. The van der Waals surface area contributed by atoms with Gasteiger partial charge in [-0.25, -0.2) is 4.98 Å². The fourth-order valence-electron chi connectivity index (χ4n) is 2.38. The fourth-order valence-corrected chi connectivity index (χ4v) is 2.38. The molecule has 1 aliphatic rings. The molecule has 2 heterocycles. The standard InChI is InChI=1S/C12H21N3O/c1-15-9-8-14-12(15)3-2-11(16)10-4-6-13-7-5-10/h8-11,13,16H,2-7H2,1H3. The van der Waals surface area contributed by atoms with E-state index in [2.05, 4.69) is 10.3 Å². The fraction of sp³-hybridized carbons (Fsp3) is 0.750. The summed E-state index contributed by atoms with van der Waals surface area (Å²) in [6.07, 6.45) is 7.49. The van der Waals surface area contributed by atoms with Crippen LogP contribution in [0, 0.1) is 5.92 Å². The minimum Gasteiger partial charge on any atom is -0.393 e. The highest BCUT2D eigenvalue weighted by molar-refractivity contribution is 4.92. The quantitative estimate of drug-likeness (QED) is 0.790. The van der Waals surface area contributed by atoms with Gasteiger partial charge in [-0.2, -0.15) is 0 Å². The van der Waals surface area contributed by atoms with Crippen molar-refractivity contribution >= 4 is 0 Å². The second-order valence-electron chi connectivity index (χ2n) is 4.65. The van der Waals surface area contributed by atoms with Gasteiger partial charge < -0.3 is 15.0 Å². The topological polar surface area (TPSA) is 50.1 Å². The van der Waals surface area contributed by atoms with E-state index in [1.807, 2.05) is 24.0 Å². The third kappa shape index (κ3) is 2.83. The lowest BCUT2D eigenvalue weighted by atomic mass is 9.90. The summed E-state index contributed by atoms with van der Waals surface area (Å²) in [5.41, 5.74) is 0. The highest BCUT2D eigenvalue weighted by Crippen LogP contribution is 2.19. The summed E-state index contributed by atoms with van der Waals surface area (Å²) in [5.74, 6) is 1.54. The SMILES string of the molecule is Cn1ccnc1CCC(O)C1CCNCC1. The summed E-state index contributed by atoms with van der Waals surface area (Å²) in [6, 6.07) is 0. The largest absolute Gasteiger partial charge is 0.393 e. The van der Waals surface area contributed by atoms with Gasteiger partial charge in [0.05, 0.1) is 6.10 Å². The van der Waals surface area contributed by atoms with Crippen LogP contribution in [0.4, 0.5) is 0 Å². The maximum Gasteiger partial charge on any atom is 0.108 e. The van der Waals surface area contributed by atoms with Crippen LogP contribution in [-0.4, -0.2) is 33.9 Å². The van der Waals surface area contributed by atoms with Crippen LogP contribution in [0.5, 0.6) is 0 Å². The van der Waals surface area contributed by atoms with Crippen molar-refractivity contribution in [2.45, 2.75) is 31.8 Å². The van der Waals surface area contributed by atoms with Crippen LogP contribution in [0.3, 0.4) is 0 Å². The molecular formula is C12H21N3O. The van der Waals surface area contributed by atoms with E-state index in [1.54, 1.807) is 0 Å². The van der Waals surface area contributed by atoms with Crippen LogP contribution in [0.2, 0.25) is 0 Å². The first-order chi connectivity index (χ1) is 7.77. The van der Waals surface area contributed by atoms with Gasteiger partial charge in [-0.15, -0.1) is 0 Å². The van der Waals surface area contributed by atoms with Gasteiger partial charge in [0.1, 0.15) is 5.82 Å². The van der Waals surface area contributed by atoms with Crippen LogP contribution in [-0.2, 0) is 13.5 Å². The lowest BCUT2D eigenvalue weighted by Crippen LogP contribution is -2.34. The molecule has 0 aliphatic carbocycles. The van der Waals surface area contributed by atoms with Crippen molar-refractivity contribution in [1.29, 1.82) is 0 Å². The number of rotatable bonds is 4. The maximum absolute atomic E-state index is 10.1. The van der Waals surface area contributed by atoms with Crippen molar-refractivity contribution in [1.82, 2.24) is 14.9 Å². The summed E-state index contributed by atoms with van der Waals surface area (Å²) >= 11 is 0. The first-order valence-electron chi connectivity index (χ1n) is 6.12. The first-order valence-corrected chi connectivity index (χ1v) is 6.12. The molecule has 0 bridgehead atoms. The van der Waals surface area contributed by atoms with Crippen LogP contribution in [0.1, 0.15) is 25.1 Å². The molecule has 0 spiro atoms. The second-order valence-corrected chi connectivity index (χ2v) is 4.65. The molecule has 16 heavy (non-hydrogen) atoms. The number of hydrogen-bond acceptors (Lipinski definition) is 3. The maximum atomic E-state index is 10.1. The van der Waals surface area contributed by atoms with Crippen LogP contribution in [0.15, 0.2) is 12.4 Å². The smallest absolute Gasteiger partial charge is 0.108 e. The highest BCUT2D eigenvalue weighted by atomic mass is 16.3. The van der Waals surface area contributed by atoms with Crippen LogP contribution in [0.25, 0.3) is 0 Å². The van der Waals surface area contributed by atoms with E-state index >= 15 is 0 Å². The van der Waals surface area contributed by atoms with Gasteiger partial charge in [0.15, 0.2) is 0 Å². The molecule has 1 aromatic rings. The Bertz CT molecular complexity index is 318. The predicted octanol–water partition coefficient (Wildman–Crippen LogP) is 0.713. The van der Waals surface area contributed by atoms with Gasteiger partial charge in [0.2, 0.25) is 0 Å². The Kier molecular flexibility index (Phi) is 3.96. The third-order valence-electron chi connectivity index (χ3n) is 3.51. The van der Waals surface area contributed by atoms with Crippen LogP contribution >= 0.6 is 0 Å². The number of nitrogens with one attached hydrogen (secondary N) is 1. The molecule has 1 saturated heterocycles. The van der Waals surface area contributed by atoms with Crippen molar-refractivity contribution in [3.8, 4) is 0 Å². The van der Waals surface area contributed by atoms with Crippen molar-refractivity contribution in [3.63, 3.8) is 0 Å². The van der Waals surface area contributed by atoms with Crippen molar-refractivity contribution < 1.29 is 5.11 Å². The van der Waals surface area contributed by atoms with E-state index < -0.39 is 0 Å². The molecule has 2 N–H and O–H groups in total. The zero-order valence-corrected chi connectivity index (χ0v) is 9.89. The van der Waals surface area contributed by atoms with Crippen LogP contribution < -0.4 is 5.32 Å². The summed E-state index contributed by atoms with van der Waals surface area (Å²) in [5, 5.41) is 13.4. The number of hydrogen-bond donors (Lipinski definition) is 2. The van der Waals surface area contributed by atoms with Gasteiger partial charge in [0, 0.05) is 25.9 Å². The average Bonchev–Trinajstić information content (AvgIpc) is 2.73. The molecule has 90 valence electrons. The summed E-state index contributed by atoms with van der Waals surface area (Å²) in [4.78, 5) is 4.27. The molecule has 2 rings (SSSR count). The number of aromatic nitrogens is 2. The van der Waals surface area contributed by atoms with Gasteiger partial charge >= 0.3 is 0 Å². The molecule has 4 nitrogen and oxygen atoms in total.